The summed E-state index contributed by atoms with van der Waals surface area (Å²) in [4.78, 5) is 0. The van der Waals surface area contributed by atoms with Gasteiger partial charge in [0.25, 0.3) is 0 Å². The molecule has 0 spiro atoms. The largest absolute Gasteiger partial charge is 0.375 e. The van der Waals surface area contributed by atoms with E-state index in [-0.39, 0.29) is 11.8 Å². The van der Waals surface area contributed by atoms with E-state index in [1.807, 2.05) is 0 Å². The van der Waals surface area contributed by atoms with Gasteiger partial charge in [-0.3, -0.25) is 0 Å². The van der Waals surface area contributed by atoms with Crippen LogP contribution in [0.5, 0.6) is 0 Å². The predicted octanol–water partition coefficient (Wildman–Crippen LogP) is 14.0. The quantitative estimate of drug-likeness (QED) is 0.0909. The van der Waals surface area contributed by atoms with Gasteiger partial charge in [0.05, 0.1) is 12.2 Å². The number of halogens is 5. The molecule has 0 N–H and O–H groups in total. The highest BCUT2D eigenvalue weighted by molar-refractivity contribution is 4.93. The molecule has 5 aliphatic carbocycles. The van der Waals surface area contributed by atoms with E-state index < -0.39 is 43.1 Å². The minimum atomic E-state index is -1.49. The van der Waals surface area contributed by atoms with E-state index in [0.717, 1.165) is 154 Å². The van der Waals surface area contributed by atoms with E-state index in [2.05, 4.69) is 13.8 Å². The third-order valence-corrected chi connectivity index (χ3v) is 15.3. The molecule has 0 aromatic carbocycles. The first-order valence-corrected chi connectivity index (χ1v) is 23.2. The Labute approximate surface area is 321 Å². The lowest BCUT2D eigenvalue weighted by atomic mass is 9.63. The van der Waals surface area contributed by atoms with Gasteiger partial charge in [0, 0.05) is 13.2 Å². The van der Waals surface area contributed by atoms with Gasteiger partial charge in [-0.25, -0.2) is 22.0 Å². The molecule has 10 atom stereocenters. The molecule has 0 aromatic heterocycles. The van der Waals surface area contributed by atoms with Crippen LogP contribution < -0.4 is 0 Å². The number of ether oxygens (including phenoxy) is 2. The highest BCUT2D eigenvalue weighted by Crippen LogP contribution is 2.49. The third kappa shape index (κ3) is 13.3. The van der Waals surface area contributed by atoms with Gasteiger partial charge in [-0.05, 0) is 144 Å². The van der Waals surface area contributed by atoms with Crippen LogP contribution in [-0.2, 0) is 9.47 Å². The zero-order chi connectivity index (χ0) is 37.6. The minimum absolute atomic E-state index is 0.183. The normalized spacial score (nSPS) is 41.4. The fourth-order valence-corrected chi connectivity index (χ4v) is 11.7. The molecule has 7 heteroatoms. The van der Waals surface area contributed by atoms with Crippen molar-refractivity contribution in [3.63, 3.8) is 0 Å². The van der Waals surface area contributed by atoms with Gasteiger partial charge < -0.3 is 9.47 Å². The molecule has 10 unspecified atom stereocenters. The van der Waals surface area contributed by atoms with E-state index >= 15 is 13.2 Å². The number of rotatable bonds is 20. The second-order valence-electron chi connectivity index (χ2n) is 18.9. The van der Waals surface area contributed by atoms with E-state index in [4.69, 9.17) is 9.47 Å². The van der Waals surface area contributed by atoms with E-state index in [0.29, 0.717) is 61.6 Å². The Morgan fingerprint density at radius 2 is 0.811 bits per heavy atom. The average molecular weight is 759 g/mol. The highest BCUT2D eigenvalue weighted by atomic mass is 19.2. The second kappa shape index (κ2) is 23.1. The van der Waals surface area contributed by atoms with E-state index in [9.17, 15) is 8.78 Å². The van der Waals surface area contributed by atoms with Gasteiger partial charge in [0.2, 0.25) is 0 Å². The minimum Gasteiger partial charge on any atom is -0.375 e. The smallest absolute Gasteiger partial charge is 0.157 e. The van der Waals surface area contributed by atoms with Crippen molar-refractivity contribution in [3.05, 3.63) is 0 Å². The van der Waals surface area contributed by atoms with Crippen molar-refractivity contribution in [1.29, 1.82) is 0 Å². The lowest BCUT2D eigenvalue weighted by Gasteiger charge is -2.43. The molecule has 0 heterocycles. The van der Waals surface area contributed by atoms with Gasteiger partial charge in [-0.1, -0.05) is 90.9 Å². The van der Waals surface area contributed by atoms with Crippen LogP contribution in [0.2, 0.25) is 0 Å². The van der Waals surface area contributed by atoms with E-state index in [1.165, 1.54) is 6.42 Å². The van der Waals surface area contributed by atoms with Crippen LogP contribution in [0.4, 0.5) is 22.0 Å². The van der Waals surface area contributed by atoms with Crippen LogP contribution in [0.1, 0.15) is 187 Å². The summed E-state index contributed by atoms with van der Waals surface area (Å²) in [5, 5.41) is 0. The molecule has 0 radical (unpaired) electrons. The summed E-state index contributed by atoms with van der Waals surface area (Å²) in [6.45, 7) is 5.41. The maximum absolute atomic E-state index is 15.3. The molecule has 5 saturated carbocycles. The van der Waals surface area contributed by atoms with Gasteiger partial charge in [0.1, 0.15) is 18.5 Å². The summed E-state index contributed by atoms with van der Waals surface area (Å²) in [7, 11) is 0. The van der Waals surface area contributed by atoms with Crippen molar-refractivity contribution < 1.29 is 31.4 Å². The van der Waals surface area contributed by atoms with E-state index in [1.54, 1.807) is 0 Å². The molecule has 310 valence electrons. The fraction of sp³-hybridized carbons (Fsp3) is 1.00. The third-order valence-electron chi connectivity index (χ3n) is 15.3. The molecule has 0 amide bonds. The molecule has 53 heavy (non-hydrogen) atoms. The van der Waals surface area contributed by atoms with Gasteiger partial charge in [-0.15, -0.1) is 0 Å². The van der Waals surface area contributed by atoms with Crippen molar-refractivity contribution in [1.82, 2.24) is 0 Å². The van der Waals surface area contributed by atoms with Crippen LogP contribution in [0.15, 0.2) is 0 Å². The first-order valence-electron chi connectivity index (χ1n) is 23.2. The summed E-state index contributed by atoms with van der Waals surface area (Å²) >= 11 is 0. The maximum atomic E-state index is 15.3. The van der Waals surface area contributed by atoms with Gasteiger partial charge in [-0.2, -0.15) is 0 Å². The molecule has 0 saturated heterocycles. The van der Waals surface area contributed by atoms with Crippen molar-refractivity contribution in [2.45, 2.75) is 230 Å². The molecule has 0 aliphatic heterocycles. The highest BCUT2D eigenvalue weighted by Gasteiger charge is 2.43. The fourth-order valence-electron chi connectivity index (χ4n) is 11.7. The second-order valence-corrected chi connectivity index (χ2v) is 18.9. The Kier molecular flexibility index (Phi) is 19.0. The van der Waals surface area contributed by atoms with Crippen molar-refractivity contribution in [2.75, 3.05) is 13.2 Å². The Morgan fingerprint density at radius 3 is 1.21 bits per heavy atom. The summed E-state index contributed by atoms with van der Waals surface area (Å²) in [5.74, 6) is 2.98. The summed E-state index contributed by atoms with van der Waals surface area (Å²) in [6.07, 6.45) is 19.2. The maximum Gasteiger partial charge on any atom is 0.157 e. The Morgan fingerprint density at radius 1 is 0.396 bits per heavy atom. The average Bonchev–Trinajstić information content (AvgIpc) is 3.17. The monoisotopic (exact) mass is 759 g/mol. The van der Waals surface area contributed by atoms with Crippen LogP contribution in [-0.4, -0.2) is 56.3 Å². The molecule has 0 bridgehead atoms. The zero-order valence-corrected chi connectivity index (χ0v) is 33.9. The number of alkyl halides is 5. The topological polar surface area (TPSA) is 18.5 Å². The molecule has 5 fully saturated rings. The van der Waals surface area contributed by atoms with Crippen LogP contribution >= 0.6 is 0 Å². The summed E-state index contributed by atoms with van der Waals surface area (Å²) < 4.78 is 86.9. The molecule has 5 aliphatic rings. The van der Waals surface area contributed by atoms with Crippen LogP contribution in [0, 0.1) is 47.3 Å². The summed E-state index contributed by atoms with van der Waals surface area (Å²) in [6, 6.07) is 0. The first-order chi connectivity index (χ1) is 25.8. The molecular weight excluding hydrogens is 679 g/mol. The molecular formula is C46H79F5O2. The van der Waals surface area contributed by atoms with Gasteiger partial charge in [0.15, 0.2) is 12.3 Å². The Bertz CT molecular complexity index is 896. The van der Waals surface area contributed by atoms with Crippen LogP contribution in [0.3, 0.4) is 0 Å². The van der Waals surface area contributed by atoms with Crippen LogP contribution in [0.25, 0.3) is 0 Å². The zero-order valence-electron chi connectivity index (χ0n) is 33.9. The number of hydrogen-bond acceptors (Lipinski definition) is 2. The standard InChI is InChI=1S/C46H79F5O2/c1-3-5-7-9-27-52-41-25-23-36(43(48)45(41)50)21-15-32-11-17-34(18-12-32)38-29-39(31-40(47)30-38)35-19-13-33(14-20-35)16-22-37-24-26-42(46(51)44(37)49)53-28-10-8-6-4-2/h32-46H,3-31H2,1-2H3. The Hall–Kier alpha value is -0.430. The van der Waals surface area contributed by atoms with Crippen molar-refractivity contribution in [3.8, 4) is 0 Å². The summed E-state index contributed by atoms with van der Waals surface area (Å²) in [5.41, 5.74) is 0. The predicted molar refractivity (Wildman–Crippen MR) is 208 cm³/mol. The Balaban J connectivity index is 0.953. The number of unbranched alkanes of at least 4 members (excludes halogenated alkanes) is 6. The molecule has 0 aromatic rings. The SMILES string of the molecule is CCCCCCOC1CCC(CCC2CCC(C3CC(F)CC(C4CCC(CCC5CCC(OCCCCCC)C(F)C5F)CC4)C3)CC2)C(F)C1F. The lowest BCUT2D eigenvalue weighted by molar-refractivity contribution is -0.0770. The molecule has 2 nitrogen and oxygen atoms in total. The molecule has 5 rings (SSSR count). The number of hydrogen-bond donors (Lipinski definition) is 0. The lowest BCUT2D eigenvalue weighted by Crippen LogP contribution is -2.43. The van der Waals surface area contributed by atoms with Crippen molar-refractivity contribution in [2.24, 2.45) is 47.3 Å². The first kappa shape index (κ1) is 43.7. The van der Waals surface area contributed by atoms with Gasteiger partial charge >= 0.3 is 0 Å². The van der Waals surface area contributed by atoms with Crippen molar-refractivity contribution >= 4 is 0 Å².